The molecule has 4 N–H and O–H groups in total. The van der Waals surface area contributed by atoms with E-state index in [4.69, 9.17) is 9.47 Å². The van der Waals surface area contributed by atoms with Gasteiger partial charge < -0.3 is 30.3 Å². The Morgan fingerprint density at radius 2 is 1.46 bits per heavy atom. The Hall–Kier alpha value is -3.27. The van der Waals surface area contributed by atoms with E-state index in [-0.39, 0.29) is 36.4 Å². The molecular weight excluding hydrogens is 602 g/mol. The highest BCUT2D eigenvalue weighted by Crippen LogP contribution is 2.55. The summed E-state index contributed by atoms with van der Waals surface area (Å²) in [5.41, 5.74) is 4.72. The predicted molar refractivity (Wildman–Crippen MR) is 185 cm³/mol. The van der Waals surface area contributed by atoms with E-state index in [9.17, 15) is 15.0 Å². The molecule has 3 aromatic carbocycles. The second-order valence-corrected chi connectivity index (χ2v) is 15.1. The van der Waals surface area contributed by atoms with E-state index in [1.165, 1.54) is 19.3 Å². The molecule has 2 amide bonds. The number of urea groups is 1. The van der Waals surface area contributed by atoms with Crippen LogP contribution >= 0.6 is 0 Å². The molecule has 256 valence electrons. The number of aliphatic hydroxyl groups is 2. The summed E-state index contributed by atoms with van der Waals surface area (Å²) in [6, 6.07) is 25.6. The molecule has 8 nitrogen and oxygen atoms in total. The van der Waals surface area contributed by atoms with Gasteiger partial charge in [-0.05, 0) is 92.5 Å². The molecule has 5 unspecified atom stereocenters. The molecule has 4 saturated carbocycles. The Labute approximate surface area is 284 Å². The summed E-state index contributed by atoms with van der Waals surface area (Å²) in [7, 11) is 2.02. The normalized spacial score (nSPS) is 30.6. The number of rotatable bonds is 11. The van der Waals surface area contributed by atoms with E-state index in [0.29, 0.717) is 19.5 Å². The summed E-state index contributed by atoms with van der Waals surface area (Å²) in [4.78, 5) is 15.2. The molecule has 8 heteroatoms. The van der Waals surface area contributed by atoms with Gasteiger partial charge in [0.05, 0.1) is 24.9 Å². The van der Waals surface area contributed by atoms with Crippen LogP contribution in [0.15, 0.2) is 78.9 Å². The number of hydrogen-bond donors (Lipinski definition) is 4. The van der Waals surface area contributed by atoms with Crippen LogP contribution in [0.1, 0.15) is 98.2 Å². The third kappa shape index (κ3) is 7.48. The highest BCUT2D eigenvalue weighted by molar-refractivity contribution is 5.75. The molecule has 5 atom stereocenters. The number of ether oxygens (including phenoxy) is 2. The van der Waals surface area contributed by atoms with Gasteiger partial charge in [0.15, 0.2) is 6.29 Å². The maximum absolute atomic E-state index is 13.0. The molecule has 0 radical (unpaired) electrons. The van der Waals surface area contributed by atoms with Crippen molar-refractivity contribution in [1.82, 2.24) is 15.5 Å². The van der Waals surface area contributed by atoms with Crippen molar-refractivity contribution in [2.75, 3.05) is 13.6 Å². The van der Waals surface area contributed by atoms with Gasteiger partial charge in [0.2, 0.25) is 0 Å². The average molecular weight is 654 g/mol. The van der Waals surface area contributed by atoms with Gasteiger partial charge in [-0.3, -0.25) is 4.90 Å². The first-order chi connectivity index (χ1) is 23.3. The standard InChI is InChI=1S/C40H51N3O5/c1-26(37(45)33-6-4-3-5-7-33)43(2)24-35-19-36(32-12-10-28(25-44)11-13-32)48-38(47-35)34-14-8-27(9-15-34)23-41-39(46)42-40-20-29-16-30(21-40)18-31(17-29)22-40/h3-15,26,29-31,35-38,44-45H,16-25H2,1-2H3,(H2,41,42,46). The molecule has 4 aliphatic carbocycles. The lowest BCUT2D eigenvalue weighted by molar-refractivity contribution is -0.253. The highest BCUT2D eigenvalue weighted by Gasteiger charge is 2.51. The third-order valence-electron chi connectivity index (χ3n) is 11.5. The zero-order valence-corrected chi connectivity index (χ0v) is 28.3. The van der Waals surface area contributed by atoms with Gasteiger partial charge in [0.1, 0.15) is 0 Å². The number of benzene rings is 3. The monoisotopic (exact) mass is 653 g/mol. The quantitative estimate of drug-likeness (QED) is 0.187. The molecule has 1 heterocycles. The van der Waals surface area contributed by atoms with Crippen molar-refractivity contribution < 1.29 is 24.5 Å². The lowest BCUT2D eigenvalue weighted by Gasteiger charge is -2.56. The van der Waals surface area contributed by atoms with Crippen LogP contribution in [0.3, 0.4) is 0 Å². The van der Waals surface area contributed by atoms with Gasteiger partial charge in [-0.2, -0.15) is 0 Å². The van der Waals surface area contributed by atoms with Crippen LogP contribution in [0.4, 0.5) is 4.79 Å². The van der Waals surface area contributed by atoms with E-state index in [2.05, 4.69) is 15.5 Å². The summed E-state index contributed by atoms with van der Waals surface area (Å²) in [5.74, 6) is 2.37. The Morgan fingerprint density at radius 3 is 2.08 bits per heavy atom. The number of likely N-dealkylation sites (N-methyl/N-ethyl adjacent to an activating group) is 1. The van der Waals surface area contributed by atoms with Crippen LogP contribution in [0.25, 0.3) is 0 Å². The van der Waals surface area contributed by atoms with E-state index in [0.717, 1.165) is 64.8 Å². The smallest absolute Gasteiger partial charge is 0.315 e. The lowest BCUT2D eigenvalue weighted by atomic mass is 9.53. The number of carbonyl (C=O) groups excluding carboxylic acids is 1. The van der Waals surface area contributed by atoms with Gasteiger partial charge in [0.25, 0.3) is 0 Å². The zero-order valence-electron chi connectivity index (χ0n) is 28.3. The predicted octanol–water partition coefficient (Wildman–Crippen LogP) is 6.55. The van der Waals surface area contributed by atoms with Crippen LogP contribution < -0.4 is 10.6 Å². The van der Waals surface area contributed by atoms with E-state index >= 15 is 0 Å². The number of nitrogens with one attached hydrogen (secondary N) is 2. The Bertz CT molecular complexity index is 1480. The zero-order chi connectivity index (χ0) is 33.3. The van der Waals surface area contributed by atoms with Gasteiger partial charge in [-0.25, -0.2) is 4.79 Å². The maximum Gasteiger partial charge on any atom is 0.315 e. The van der Waals surface area contributed by atoms with Gasteiger partial charge in [-0.15, -0.1) is 0 Å². The minimum Gasteiger partial charge on any atom is -0.392 e. The van der Waals surface area contributed by atoms with Crippen molar-refractivity contribution in [1.29, 1.82) is 0 Å². The fourth-order valence-corrected chi connectivity index (χ4v) is 9.21. The van der Waals surface area contributed by atoms with E-state index in [1.54, 1.807) is 0 Å². The molecule has 3 aromatic rings. The Morgan fingerprint density at radius 1 is 0.854 bits per heavy atom. The largest absolute Gasteiger partial charge is 0.392 e. The summed E-state index contributed by atoms with van der Waals surface area (Å²) >= 11 is 0. The molecule has 8 rings (SSSR count). The summed E-state index contributed by atoms with van der Waals surface area (Å²) < 4.78 is 13.1. The van der Waals surface area contributed by atoms with Crippen LogP contribution in [0.5, 0.6) is 0 Å². The van der Waals surface area contributed by atoms with Gasteiger partial charge >= 0.3 is 6.03 Å². The van der Waals surface area contributed by atoms with Crippen molar-refractivity contribution >= 4 is 6.03 Å². The SMILES string of the molecule is CC(C(O)c1ccccc1)N(C)CC1CC(c2ccc(CO)cc2)OC(c2ccc(CNC(=O)NC34CC5CC(CC(C5)C3)C4)cc2)O1. The van der Waals surface area contributed by atoms with Crippen molar-refractivity contribution in [2.24, 2.45) is 17.8 Å². The first kappa shape index (κ1) is 33.2. The minimum absolute atomic E-state index is 0.00226. The number of carbonyl (C=O) groups is 1. The summed E-state index contributed by atoms with van der Waals surface area (Å²) in [5, 5.41) is 27.2. The first-order valence-electron chi connectivity index (χ1n) is 17.8. The van der Waals surface area contributed by atoms with Gasteiger partial charge in [-0.1, -0.05) is 78.9 Å². The second kappa shape index (κ2) is 14.3. The van der Waals surface area contributed by atoms with Crippen molar-refractivity contribution in [2.45, 2.75) is 101 Å². The maximum atomic E-state index is 13.0. The fraction of sp³-hybridized carbons (Fsp3) is 0.525. The number of aliphatic hydroxyl groups excluding tert-OH is 2. The minimum atomic E-state index is -0.621. The van der Waals surface area contributed by atoms with E-state index in [1.807, 2.05) is 92.8 Å². The number of hydrogen-bond acceptors (Lipinski definition) is 6. The number of amides is 2. The van der Waals surface area contributed by atoms with Gasteiger partial charge in [0, 0.05) is 36.7 Å². The molecule has 48 heavy (non-hydrogen) atoms. The fourth-order valence-electron chi connectivity index (χ4n) is 9.21. The molecule has 1 aliphatic heterocycles. The molecule has 4 bridgehead atoms. The van der Waals surface area contributed by atoms with E-state index < -0.39 is 12.4 Å². The lowest BCUT2D eigenvalue weighted by Crippen LogP contribution is -2.61. The topological polar surface area (TPSA) is 103 Å². The molecule has 1 saturated heterocycles. The van der Waals surface area contributed by atoms with Crippen LogP contribution in [-0.2, 0) is 22.6 Å². The average Bonchev–Trinajstić information content (AvgIpc) is 3.10. The first-order valence-corrected chi connectivity index (χ1v) is 17.8. The molecule has 0 spiro atoms. The number of nitrogens with zero attached hydrogens (tertiary/aromatic N) is 1. The second-order valence-electron chi connectivity index (χ2n) is 15.1. The highest BCUT2D eigenvalue weighted by atomic mass is 16.7. The van der Waals surface area contributed by atoms with Crippen molar-refractivity contribution in [3.8, 4) is 0 Å². The van der Waals surface area contributed by atoms with Crippen LogP contribution in [0.2, 0.25) is 0 Å². The molecule has 5 aliphatic rings. The molecule has 0 aromatic heterocycles. The van der Waals surface area contributed by atoms with Crippen LogP contribution in [-0.4, -0.2) is 52.4 Å². The third-order valence-corrected chi connectivity index (χ3v) is 11.5. The van der Waals surface area contributed by atoms with Crippen molar-refractivity contribution in [3.05, 3.63) is 107 Å². The van der Waals surface area contributed by atoms with Crippen molar-refractivity contribution in [3.63, 3.8) is 0 Å². The summed E-state index contributed by atoms with van der Waals surface area (Å²) in [6.07, 6.45) is 6.61. The molecule has 5 fully saturated rings. The van der Waals surface area contributed by atoms with Crippen LogP contribution in [0, 0.1) is 17.8 Å². The Kier molecular flexibility index (Phi) is 9.90. The Balaban J connectivity index is 0.993. The molecular formula is C40H51N3O5. The summed E-state index contributed by atoms with van der Waals surface area (Å²) in [6.45, 7) is 3.12.